The van der Waals surface area contributed by atoms with Crippen LogP contribution >= 0.6 is 0 Å². The van der Waals surface area contributed by atoms with Gasteiger partial charge >= 0.3 is 0 Å². The normalized spacial score (nSPS) is 11.4. The Bertz CT molecular complexity index is 2810. The molecule has 0 saturated heterocycles. The van der Waals surface area contributed by atoms with Gasteiger partial charge in [-0.05, 0) is 68.4 Å². The predicted octanol–water partition coefficient (Wildman–Crippen LogP) is 12.9. The number of benzene rings is 8. The predicted molar refractivity (Wildman–Crippen MR) is 217 cm³/mol. The minimum atomic E-state index is 0.630. The van der Waals surface area contributed by atoms with E-state index in [4.69, 9.17) is 19.4 Å². The van der Waals surface area contributed by atoms with Crippen LogP contribution < -0.4 is 0 Å². The molecule has 0 fully saturated rings. The first kappa shape index (κ1) is 30.6. The molecule has 0 aliphatic heterocycles. The molecule has 4 nitrogen and oxygen atoms in total. The van der Waals surface area contributed by atoms with E-state index >= 15 is 0 Å². The number of hydrogen-bond donors (Lipinski definition) is 0. The molecule has 0 aliphatic carbocycles. The number of para-hydroxylation sites is 1. The van der Waals surface area contributed by atoms with E-state index in [-0.39, 0.29) is 0 Å². The van der Waals surface area contributed by atoms with Crippen molar-refractivity contribution < 1.29 is 4.42 Å². The highest BCUT2D eigenvalue weighted by Crippen LogP contribution is 2.38. The molecule has 10 rings (SSSR count). The molecule has 2 aromatic heterocycles. The molecule has 0 saturated carbocycles. The molecule has 0 amide bonds. The highest BCUT2D eigenvalue weighted by molar-refractivity contribution is 6.12. The number of hydrogen-bond acceptors (Lipinski definition) is 4. The molecular weight excluding hydrogens is 647 g/mol. The van der Waals surface area contributed by atoms with Gasteiger partial charge in [-0.15, -0.1) is 0 Å². The lowest BCUT2D eigenvalue weighted by atomic mass is 9.96. The summed E-state index contributed by atoms with van der Waals surface area (Å²) in [5, 5.41) is 4.51. The van der Waals surface area contributed by atoms with Crippen LogP contribution in [0.15, 0.2) is 192 Å². The maximum atomic E-state index is 6.18. The van der Waals surface area contributed by atoms with Crippen LogP contribution in [0.3, 0.4) is 0 Å². The van der Waals surface area contributed by atoms with E-state index in [9.17, 15) is 0 Å². The highest BCUT2D eigenvalue weighted by Gasteiger charge is 2.15. The molecule has 0 spiro atoms. The zero-order chi connectivity index (χ0) is 35.1. The average Bonchev–Trinajstić information content (AvgIpc) is 3.63. The Morgan fingerprint density at radius 3 is 1.34 bits per heavy atom. The summed E-state index contributed by atoms with van der Waals surface area (Å²) in [5.41, 5.74) is 11.5. The first-order valence-corrected chi connectivity index (χ1v) is 17.8. The summed E-state index contributed by atoms with van der Waals surface area (Å²) in [4.78, 5) is 15.2. The van der Waals surface area contributed by atoms with Gasteiger partial charge in [0, 0.05) is 27.5 Å². The molecule has 248 valence electrons. The van der Waals surface area contributed by atoms with Crippen molar-refractivity contribution in [1.82, 2.24) is 15.0 Å². The number of aromatic nitrogens is 3. The summed E-state index contributed by atoms with van der Waals surface area (Å²) in [6.45, 7) is 0. The Hall–Kier alpha value is -7.17. The van der Waals surface area contributed by atoms with Gasteiger partial charge in [-0.3, -0.25) is 0 Å². The number of rotatable bonds is 6. The summed E-state index contributed by atoms with van der Waals surface area (Å²) in [6.07, 6.45) is 0. The van der Waals surface area contributed by atoms with Crippen LogP contribution in [-0.4, -0.2) is 15.0 Å². The van der Waals surface area contributed by atoms with Crippen LogP contribution in [0, 0.1) is 0 Å². The second-order valence-corrected chi connectivity index (χ2v) is 13.2. The Morgan fingerprint density at radius 1 is 0.302 bits per heavy atom. The van der Waals surface area contributed by atoms with Crippen LogP contribution in [0.4, 0.5) is 0 Å². The van der Waals surface area contributed by atoms with Crippen molar-refractivity contribution in [3.63, 3.8) is 0 Å². The van der Waals surface area contributed by atoms with E-state index < -0.39 is 0 Å². The summed E-state index contributed by atoms with van der Waals surface area (Å²) in [7, 11) is 0. The molecule has 0 bridgehead atoms. The van der Waals surface area contributed by atoms with E-state index in [0.29, 0.717) is 17.5 Å². The first-order chi connectivity index (χ1) is 26.2. The number of fused-ring (bicyclic) bond motifs is 4. The monoisotopic (exact) mass is 677 g/mol. The van der Waals surface area contributed by atoms with Gasteiger partial charge in [-0.1, -0.05) is 164 Å². The summed E-state index contributed by atoms with van der Waals surface area (Å²) >= 11 is 0. The number of nitrogens with zero attached hydrogens (tertiary/aromatic N) is 3. The molecule has 0 unspecified atom stereocenters. The van der Waals surface area contributed by atoms with Gasteiger partial charge in [0.1, 0.15) is 11.2 Å². The largest absolute Gasteiger partial charge is 0.456 e. The smallest absolute Gasteiger partial charge is 0.164 e. The van der Waals surface area contributed by atoms with Crippen LogP contribution in [0.25, 0.3) is 100 Å². The molecule has 53 heavy (non-hydrogen) atoms. The van der Waals surface area contributed by atoms with Crippen molar-refractivity contribution >= 4 is 32.7 Å². The average molecular weight is 678 g/mol. The Morgan fingerprint density at radius 2 is 0.736 bits per heavy atom. The fraction of sp³-hybridized carbons (Fsp3) is 0. The molecule has 4 heteroatoms. The van der Waals surface area contributed by atoms with Crippen molar-refractivity contribution in [2.45, 2.75) is 0 Å². The van der Waals surface area contributed by atoms with Crippen molar-refractivity contribution in [1.29, 1.82) is 0 Å². The minimum absolute atomic E-state index is 0.630. The Balaban J connectivity index is 1.06. The van der Waals surface area contributed by atoms with Gasteiger partial charge in [0.05, 0.1) is 0 Å². The highest BCUT2D eigenvalue weighted by atomic mass is 16.3. The van der Waals surface area contributed by atoms with E-state index in [1.165, 1.54) is 11.1 Å². The fourth-order valence-electron chi connectivity index (χ4n) is 7.22. The number of furan rings is 1. The second-order valence-electron chi connectivity index (χ2n) is 13.2. The van der Waals surface area contributed by atoms with Gasteiger partial charge in [0.15, 0.2) is 17.5 Å². The topological polar surface area (TPSA) is 51.8 Å². The van der Waals surface area contributed by atoms with Crippen molar-refractivity contribution in [3.05, 3.63) is 188 Å². The third kappa shape index (κ3) is 5.73. The standard InChI is InChI=1S/C49H31N3O/c1-3-10-32(11-4-1)34-18-22-36(23-19-34)47-50-48(37-24-20-35(21-25-37)33-12-5-2-6-13-33)52-49(51-47)41-29-27-38-30-40(28-26-39(38)31-41)42-15-9-17-45-46(42)43-14-7-8-16-44(43)53-45/h1-31H. The lowest BCUT2D eigenvalue weighted by Gasteiger charge is -2.11. The first-order valence-electron chi connectivity index (χ1n) is 17.8. The van der Waals surface area contributed by atoms with Crippen LogP contribution in [0.1, 0.15) is 0 Å². The SMILES string of the molecule is c1ccc(-c2ccc(-c3nc(-c4ccc(-c5ccccc5)cc4)nc(-c4ccc5cc(-c6cccc7oc8ccccc8c67)ccc5c4)n3)cc2)cc1. The molecule has 10 aromatic rings. The van der Waals surface area contributed by atoms with E-state index in [2.05, 4.69) is 158 Å². The van der Waals surface area contributed by atoms with Crippen LogP contribution in [0.2, 0.25) is 0 Å². The molecule has 0 aliphatic rings. The molecule has 2 heterocycles. The van der Waals surface area contributed by atoms with E-state index in [1.807, 2.05) is 30.3 Å². The molecular formula is C49H31N3O. The quantitative estimate of drug-likeness (QED) is 0.176. The fourth-order valence-corrected chi connectivity index (χ4v) is 7.22. The van der Waals surface area contributed by atoms with Gasteiger partial charge < -0.3 is 4.42 Å². The Labute approximate surface area is 306 Å². The van der Waals surface area contributed by atoms with Crippen LogP contribution in [0.5, 0.6) is 0 Å². The minimum Gasteiger partial charge on any atom is -0.456 e. The third-order valence-electron chi connectivity index (χ3n) is 9.95. The van der Waals surface area contributed by atoms with Crippen molar-refractivity contribution in [3.8, 4) is 67.5 Å². The van der Waals surface area contributed by atoms with Gasteiger partial charge in [-0.25, -0.2) is 15.0 Å². The summed E-state index contributed by atoms with van der Waals surface area (Å²) in [6, 6.07) is 65.2. The molecule has 0 radical (unpaired) electrons. The van der Waals surface area contributed by atoms with Crippen LogP contribution in [-0.2, 0) is 0 Å². The summed E-state index contributed by atoms with van der Waals surface area (Å²) in [5.74, 6) is 1.89. The Kier molecular flexibility index (Phi) is 7.43. The van der Waals surface area contributed by atoms with E-state index in [1.54, 1.807) is 0 Å². The van der Waals surface area contributed by atoms with Crippen molar-refractivity contribution in [2.75, 3.05) is 0 Å². The molecule has 0 atom stereocenters. The lowest BCUT2D eigenvalue weighted by molar-refractivity contribution is 0.669. The maximum Gasteiger partial charge on any atom is 0.164 e. The zero-order valence-corrected chi connectivity index (χ0v) is 28.6. The second kappa shape index (κ2) is 12.9. The maximum absolute atomic E-state index is 6.18. The lowest BCUT2D eigenvalue weighted by Crippen LogP contribution is -2.00. The van der Waals surface area contributed by atoms with Gasteiger partial charge in [0.2, 0.25) is 0 Å². The molecule has 0 N–H and O–H groups in total. The van der Waals surface area contributed by atoms with Gasteiger partial charge in [0.25, 0.3) is 0 Å². The zero-order valence-electron chi connectivity index (χ0n) is 28.6. The third-order valence-corrected chi connectivity index (χ3v) is 9.95. The molecule has 8 aromatic carbocycles. The van der Waals surface area contributed by atoms with E-state index in [0.717, 1.165) is 71.7 Å². The summed E-state index contributed by atoms with van der Waals surface area (Å²) < 4.78 is 6.18. The van der Waals surface area contributed by atoms with Gasteiger partial charge in [-0.2, -0.15) is 0 Å². The van der Waals surface area contributed by atoms with Crippen molar-refractivity contribution in [2.24, 2.45) is 0 Å².